The zero-order valence-electron chi connectivity index (χ0n) is 8.15. The van der Waals surface area contributed by atoms with Gasteiger partial charge in [-0.2, -0.15) is 0 Å². The summed E-state index contributed by atoms with van der Waals surface area (Å²) >= 11 is 11.3. The Morgan fingerprint density at radius 1 is 1.53 bits per heavy atom. The van der Waals surface area contributed by atoms with E-state index in [0.29, 0.717) is 12.3 Å². The highest BCUT2D eigenvalue weighted by Gasteiger charge is 2.26. The molecule has 0 aliphatic carbocycles. The Morgan fingerprint density at radius 2 is 2.20 bits per heavy atom. The monoisotopic (exact) mass is 267 g/mol. The Labute approximate surface area is 99.3 Å². The second-order valence-corrected chi connectivity index (χ2v) is 6.19. The van der Waals surface area contributed by atoms with E-state index >= 15 is 0 Å². The maximum absolute atomic E-state index is 11.9. The molecule has 3 nitrogen and oxygen atoms in total. The first-order valence-corrected chi connectivity index (χ1v) is 6.86. The van der Waals surface area contributed by atoms with Gasteiger partial charge in [0.15, 0.2) is 14.9 Å². The molecule has 0 amide bonds. The molecule has 6 heteroatoms. The van der Waals surface area contributed by atoms with Gasteiger partial charge in [-0.25, -0.2) is 13.4 Å². The van der Waals surface area contributed by atoms with Crippen LogP contribution in [0.25, 0.3) is 0 Å². The molecular formula is C9H11Cl2NO2S. The van der Waals surface area contributed by atoms with Crippen molar-refractivity contribution in [3.05, 3.63) is 23.4 Å². The van der Waals surface area contributed by atoms with Gasteiger partial charge in [-0.05, 0) is 25.5 Å². The molecule has 1 atom stereocenters. The zero-order chi connectivity index (χ0) is 11.5. The summed E-state index contributed by atoms with van der Waals surface area (Å²) in [5.41, 5.74) is 0. The molecule has 0 aromatic carbocycles. The van der Waals surface area contributed by atoms with Crippen LogP contribution in [0, 0.1) is 0 Å². The van der Waals surface area contributed by atoms with E-state index < -0.39 is 15.1 Å². The van der Waals surface area contributed by atoms with Crippen LogP contribution in [0.15, 0.2) is 23.4 Å². The molecule has 0 saturated heterocycles. The SMILES string of the molecule is CC(CCCl)S(=O)(=O)c1ncccc1Cl. The van der Waals surface area contributed by atoms with E-state index in [1.807, 2.05) is 0 Å². The Hall–Kier alpha value is -0.320. The van der Waals surface area contributed by atoms with Crippen molar-refractivity contribution in [3.63, 3.8) is 0 Å². The van der Waals surface area contributed by atoms with E-state index in [9.17, 15) is 8.42 Å². The average Bonchev–Trinajstić information content (AvgIpc) is 2.18. The first kappa shape index (κ1) is 12.7. The number of hydrogen-bond acceptors (Lipinski definition) is 3. The van der Waals surface area contributed by atoms with Gasteiger partial charge < -0.3 is 0 Å². The van der Waals surface area contributed by atoms with Crippen LogP contribution in [0.2, 0.25) is 5.02 Å². The highest BCUT2D eigenvalue weighted by molar-refractivity contribution is 7.92. The van der Waals surface area contributed by atoms with Gasteiger partial charge in [0.1, 0.15) is 0 Å². The quantitative estimate of drug-likeness (QED) is 0.788. The van der Waals surface area contributed by atoms with Gasteiger partial charge in [0.2, 0.25) is 0 Å². The van der Waals surface area contributed by atoms with Gasteiger partial charge in [0.05, 0.1) is 10.3 Å². The minimum absolute atomic E-state index is 0.0655. The smallest absolute Gasteiger partial charge is 0.199 e. The highest BCUT2D eigenvalue weighted by atomic mass is 35.5. The molecule has 15 heavy (non-hydrogen) atoms. The standard InChI is InChI=1S/C9H11Cl2NO2S/c1-7(4-5-10)15(13,14)9-8(11)3-2-6-12-9/h2-3,6-7H,4-5H2,1H3. The van der Waals surface area contributed by atoms with Gasteiger partial charge in [0, 0.05) is 12.1 Å². The molecule has 0 saturated carbocycles. The molecule has 1 aromatic heterocycles. The largest absolute Gasteiger partial charge is 0.243 e. The summed E-state index contributed by atoms with van der Waals surface area (Å²) in [5, 5.41) is -0.481. The van der Waals surface area contributed by atoms with Crippen molar-refractivity contribution >= 4 is 33.0 Å². The summed E-state index contributed by atoms with van der Waals surface area (Å²) in [6, 6.07) is 3.10. The summed E-state index contributed by atoms with van der Waals surface area (Å²) in [6.45, 7) is 1.60. The summed E-state index contributed by atoms with van der Waals surface area (Å²) in [4.78, 5) is 3.79. The topological polar surface area (TPSA) is 47.0 Å². The molecule has 1 aromatic rings. The van der Waals surface area contributed by atoms with Crippen molar-refractivity contribution in [1.29, 1.82) is 0 Å². The number of alkyl halides is 1. The number of aromatic nitrogens is 1. The number of pyridine rings is 1. The summed E-state index contributed by atoms with van der Waals surface area (Å²) in [5.74, 6) is 0.296. The van der Waals surface area contributed by atoms with Crippen LogP contribution in [0.3, 0.4) is 0 Å². The van der Waals surface area contributed by atoms with Crippen LogP contribution in [0.1, 0.15) is 13.3 Å². The Balaban J connectivity index is 3.12. The first-order valence-electron chi connectivity index (χ1n) is 4.40. The lowest BCUT2D eigenvalue weighted by molar-refractivity contribution is 0.577. The lowest BCUT2D eigenvalue weighted by Crippen LogP contribution is -2.19. The van der Waals surface area contributed by atoms with Crippen molar-refractivity contribution in [1.82, 2.24) is 4.98 Å². The molecule has 1 heterocycles. The summed E-state index contributed by atoms with van der Waals surface area (Å²) in [7, 11) is -3.46. The van der Waals surface area contributed by atoms with Crippen molar-refractivity contribution in [2.45, 2.75) is 23.6 Å². The molecule has 0 fully saturated rings. The maximum atomic E-state index is 11.9. The fraction of sp³-hybridized carbons (Fsp3) is 0.444. The second-order valence-electron chi connectivity index (χ2n) is 3.12. The van der Waals surface area contributed by atoms with E-state index in [1.54, 1.807) is 13.0 Å². The highest BCUT2D eigenvalue weighted by Crippen LogP contribution is 2.23. The minimum Gasteiger partial charge on any atom is -0.243 e. The summed E-state index contributed by atoms with van der Waals surface area (Å²) < 4.78 is 23.9. The van der Waals surface area contributed by atoms with E-state index in [1.165, 1.54) is 12.3 Å². The third kappa shape index (κ3) is 2.83. The van der Waals surface area contributed by atoms with Crippen LogP contribution >= 0.6 is 23.2 Å². The number of nitrogens with zero attached hydrogens (tertiary/aromatic N) is 1. The Morgan fingerprint density at radius 3 is 2.73 bits per heavy atom. The van der Waals surface area contributed by atoms with Gasteiger partial charge >= 0.3 is 0 Å². The molecule has 0 radical (unpaired) electrons. The van der Waals surface area contributed by atoms with Gasteiger partial charge in [-0.1, -0.05) is 11.6 Å². The molecular weight excluding hydrogens is 257 g/mol. The van der Waals surface area contributed by atoms with Crippen molar-refractivity contribution in [3.8, 4) is 0 Å². The average molecular weight is 268 g/mol. The normalized spacial score (nSPS) is 13.8. The molecule has 0 bridgehead atoms. The van der Waals surface area contributed by atoms with Crippen LogP contribution in [0.5, 0.6) is 0 Å². The Bertz CT molecular complexity index is 433. The Kier molecular flexibility index (Phi) is 4.37. The van der Waals surface area contributed by atoms with E-state index in [4.69, 9.17) is 23.2 Å². The van der Waals surface area contributed by atoms with Crippen molar-refractivity contribution < 1.29 is 8.42 Å². The lowest BCUT2D eigenvalue weighted by Gasteiger charge is -2.11. The fourth-order valence-electron chi connectivity index (χ4n) is 1.08. The number of sulfone groups is 1. The molecule has 0 N–H and O–H groups in total. The maximum Gasteiger partial charge on any atom is 0.199 e. The predicted octanol–water partition coefficient (Wildman–Crippen LogP) is 2.53. The first-order chi connectivity index (χ1) is 7.00. The lowest BCUT2D eigenvalue weighted by atomic mass is 10.4. The molecule has 0 aliphatic rings. The number of rotatable bonds is 4. The third-order valence-electron chi connectivity index (χ3n) is 2.04. The van der Waals surface area contributed by atoms with Crippen LogP contribution in [-0.4, -0.2) is 24.5 Å². The minimum atomic E-state index is -3.46. The molecule has 1 rings (SSSR count). The molecule has 0 spiro atoms. The van der Waals surface area contributed by atoms with Crippen molar-refractivity contribution in [2.24, 2.45) is 0 Å². The second kappa shape index (κ2) is 5.14. The zero-order valence-corrected chi connectivity index (χ0v) is 10.5. The van der Waals surface area contributed by atoms with E-state index in [2.05, 4.69) is 4.98 Å². The van der Waals surface area contributed by atoms with Gasteiger partial charge in [-0.3, -0.25) is 0 Å². The fourth-order valence-corrected chi connectivity index (χ4v) is 3.34. The molecule has 84 valence electrons. The predicted molar refractivity (Wildman–Crippen MR) is 61.2 cm³/mol. The summed E-state index contributed by atoms with van der Waals surface area (Å²) in [6.07, 6.45) is 1.79. The molecule has 0 aliphatic heterocycles. The van der Waals surface area contributed by atoms with E-state index in [-0.39, 0.29) is 10.0 Å². The van der Waals surface area contributed by atoms with Gasteiger partial charge in [-0.15, -0.1) is 11.6 Å². The third-order valence-corrected chi connectivity index (χ3v) is 4.83. The van der Waals surface area contributed by atoms with Crippen molar-refractivity contribution in [2.75, 3.05) is 5.88 Å². The molecule has 1 unspecified atom stereocenters. The van der Waals surface area contributed by atoms with Crippen LogP contribution in [0.4, 0.5) is 0 Å². The van der Waals surface area contributed by atoms with Crippen LogP contribution in [-0.2, 0) is 9.84 Å². The number of halogens is 2. The van der Waals surface area contributed by atoms with E-state index in [0.717, 1.165) is 0 Å². The van der Waals surface area contributed by atoms with Crippen LogP contribution < -0.4 is 0 Å². The van der Waals surface area contributed by atoms with Gasteiger partial charge in [0.25, 0.3) is 0 Å². The number of hydrogen-bond donors (Lipinski definition) is 0.